The first kappa shape index (κ1) is 14.8. The van der Waals surface area contributed by atoms with E-state index in [1.165, 1.54) is 12.4 Å². The van der Waals surface area contributed by atoms with Gasteiger partial charge in [-0.2, -0.15) is 0 Å². The first-order valence-corrected chi connectivity index (χ1v) is 7.22. The largest absolute Gasteiger partial charge is 0.419 e. The van der Waals surface area contributed by atoms with Crippen LogP contribution in [0.25, 0.3) is 11.6 Å². The van der Waals surface area contributed by atoms with Gasteiger partial charge in [-0.3, -0.25) is 9.78 Å². The second-order valence-electron chi connectivity index (χ2n) is 4.87. The molecule has 1 N–H and O–H groups in total. The van der Waals surface area contributed by atoms with Crippen LogP contribution in [0.15, 0.2) is 47.3 Å². The van der Waals surface area contributed by atoms with Gasteiger partial charge in [-0.05, 0) is 24.1 Å². The van der Waals surface area contributed by atoms with E-state index in [1.807, 2.05) is 24.3 Å². The van der Waals surface area contributed by atoms with Crippen molar-refractivity contribution in [2.24, 2.45) is 0 Å². The van der Waals surface area contributed by atoms with Crippen molar-refractivity contribution in [2.45, 2.75) is 19.8 Å². The Balaban J connectivity index is 1.65. The van der Waals surface area contributed by atoms with Gasteiger partial charge in [-0.25, -0.2) is 4.98 Å². The highest BCUT2D eigenvalue weighted by atomic mass is 16.4. The highest BCUT2D eigenvalue weighted by Crippen LogP contribution is 2.15. The lowest BCUT2D eigenvalue weighted by molar-refractivity contribution is -0.115. The number of nitrogens with zero attached hydrogens (tertiary/aromatic N) is 4. The third-order valence-corrected chi connectivity index (χ3v) is 3.18. The molecule has 0 fully saturated rings. The second kappa shape index (κ2) is 6.78. The maximum absolute atomic E-state index is 12.1. The van der Waals surface area contributed by atoms with Gasteiger partial charge < -0.3 is 9.73 Å². The fraction of sp³-hybridized carbons (Fsp3) is 0.188. The van der Waals surface area contributed by atoms with Crippen molar-refractivity contribution in [3.05, 3.63) is 54.3 Å². The lowest BCUT2D eigenvalue weighted by Gasteiger charge is -2.05. The molecule has 1 aromatic carbocycles. The number of rotatable bonds is 5. The van der Waals surface area contributed by atoms with Crippen LogP contribution in [0.3, 0.4) is 0 Å². The number of aromatic nitrogens is 4. The minimum Gasteiger partial charge on any atom is -0.419 e. The molecular formula is C16H15N5O2. The van der Waals surface area contributed by atoms with Gasteiger partial charge in [0.1, 0.15) is 12.1 Å². The number of aryl methyl sites for hydroxylation is 1. The summed E-state index contributed by atoms with van der Waals surface area (Å²) in [4.78, 5) is 20.1. The fourth-order valence-electron chi connectivity index (χ4n) is 2.05. The molecule has 0 aliphatic carbocycles. The molecule has 0 aliphatic heterocycles. The summed E-state index contributed by atoms with van der Waals surface area (Å²) in [7, 11) is 0. The van der Waals surface area contributed by atoms with E-state index in [-0.39, 0.29) is 24.1 Å². The van der Waals surface area contributed by atoms with Crippen molar-refractivity contribution in [1.82, 2.24) is 20.2 Å². The minimum absolute atomic E-state index is 0.00359. The molecule has 0 bridgehead atoms. The monoisotopic (exact) mass is 309 g/mol. The van der Waals surface area contributed by atoms with Crippen LogP contribution in [0, 0.1) is 0 Å². The van der Waals surface area contributed by atoms with E-state index in [0.29, 0.717) is 5.69 Å². The molecule has 23 heavy (non-hydrogen) atoms. The molecule has 3 aromatic rings. The molecule has 0 unspecified atom stereocenters. The predicted octanol–water partition coefficient (Wildman–Crippen LogP) is 2.27. The summed E-state index contributed by atoms with van der Waals surface area (Å²) in [6.07, 6.45) is 5.53. The van der Waals surface area contributed by atoms with Gasteiger partial charge in [0, 0.05) is 18.1 Å². The van der Waals surface area contributed by atoms with Crippen LogP contribution in [0.2, 0.25) is 0 Å². The lowest BCUT2D eigenvalue weighted by atomic mass is 10.1. The molecule has 0 aliphatic rings. The van der Waals surface area contributed by atoms with Crippen molar-refractivity contribution < 1.29 is 9.21 Å². The van der Waals surface area contributed by atoms with E-state index in [4.69, 9.17) is 4.42 Å². The number of benzene rings is 1. The van der Waals surface area contributed by atoms with Crippen LogP contribution in [-0.4, -0.2) is 26.1 Å². The number of carbonyl (C=O) groups excluding carboxylic acids is 1. The molecule has 0 radical (unpaired) electrons. The van der Waals surface area contributed by atoms with Crippen molar-refractivity contribution in [2.75, 3.05) is 5.32 Å². The standard InChI is InChI=1S/C16H15N5O2/c1-2-11-4-3-5-12(8-11)19-14(22)9-15-20-21-16(23-15)13-10-17-6-7-18-13/h3-8,10H,2,9H2,1H3,(H,19,22). The lowest BCUT2D eigenvalue weighted by Crippen LogP contribution is -2.14. The second-order valence-corrected chi connectivity index (χ2v) is 4.87. The molecule has 2 aromatic heterocycles. The summed E-state index contributed by atoms with van der Waals surface area (Å²) in [6, 6.07) is 7.71. The number of hydrogen-bond acceptors (Lipinski definition) is 6. The third-order valence-electron chi connectivity index (χ3n) is 3.18. The van der Waals surface area contributed by atoms with Gasteiger partial charge in [-0.1, -0.05) is 19.1 Å². The van der Waals surface area contributed by atoms with E-state index in [9.17, 15) is 4.79 Å². The first-order chi connectivity index (χ1) is 11.2. The Bertz CT molecular complexity index is 801. The van der Waals surface area contributed by atoms with E-state index in [1.54, 1.807) is 6.20 Å². The topological polar surface area (TPSA) is 93.8 Å². The Hall–Kier alpha value is -3.09. The van der Waals surface area contributed by atoms with Crippen molar-refractivity contribution in [3.63, 3.8) is 0 Å². The number of amides is 1. The normalized spacial score (nSPS) is 10.5. The maximum atomic E-state index is 12.1. The highest BCUT2D eigenvalue weighted by Gasteiger charge is 2.13. The number of nitrogens with one attached hydrogen (secondary N) is 1. The van der Waals surface area contributed by atoms with Gasteiger partial charge in [0.2, 0.25) is 11.8 Å². The zero-order valence-electron chi connectivity index (χ0n) is 12.6. The summed E-state index contributed by atoms with van der Waals surface area (Å²) >= 11 is 0. The average Bonchev–Trinajstić information content (AvgIpc) is 3.04. The molecule has 0 saturated carbocycles. The van der Waals surface area contributed by atoms with Gasteiger partial charge in [0.15, 0.2) is 0 Å². The Morgan fingerprint density at radius 3 is 2.96 bits per heavy atom. The minimum atomic E-state index is -0.215. The zero-order chi connectivity index (χ0) is 16.1. The van der Waals surface area contributed by atoms with Gasteiger partial charge in [-0.15, -0.1) is 10.2 Å². The van der Waals surface area contributed by atoms with E-state index >= 15 is 0 Å². The summed E-state index contributed by atoms with van der Waals surface area (Å²) < 4.78 is 5.44. The average molecular weight is 309 g/mol. The van der Waals surface area contributed by atoms with Crippen LogP contribution < -0.4 is 5.32 Å². The highest BCUT2D eigenvalue weighted by molar-refractivity contribution is 5.91. The van der Waals surface area contributed by atoms with Crippen molar-refractivity contribution >= 4 is 11.6 Å². The molecule has 1 amide bonds. The molecule has 2 heterocycles. The molecule has 7 nitrogen and oxygen atoms in total. The zero-order valence-corrected chi connectivity index (χ0v) is 12.6. The Kier molecular flexibility index (Phi) is 4.37. The molecule has 7 heteroatoms. The molecule has 116 valence electrons. The Morgan fingerprint density at radius 2 is 2.17 bits per heavy atom. The van der Waals surface area contributed by atoms with Crippen molar-refractivity contribution in [3.8, 4) is 11.6 Å². The Morgan fingerprint density at radius 1 is 1.26 bits per heavy atom. The summed E-state index contributed by atoms with van der Waals surface area (Å²) in [6.45, 7) is 2.06. The number of hydrogen-bond donors (Lipinski definition) is 1. The van der Waals surface area contributed by atoms with Crippen LogP contribution >= 0.6 is 0 Å². The molecule has 0 atom stereocenters. The summed E-state index contributed by atoms with van der Waals surface area (Å²) in [5.74, 6) is 0.260. The SMILES string of the molecule is CCc1cccc(NC(=O)Cc2nnc(-c3cnccn3)o2)c1. The van der Waals surface area contributed by atoms with E-state index in [0.717, 1.165) is 17.7 Å². The first-order valence-electron chi connectivity index (χ1n) is 7.22. The molecule has 0 spiro atoms. The smallest absolute Gasteiger partial charge is 0.267 e. The molecule has 0 saturated heterocycles. The third kappa shape index (κ3) is 3.76. The van der Waals surface area contributed by atoms with Crippen LogP contribution in [0.5, 0.6) is 0 Å². The summed E-state index contributed by atoms with van der Waals surface area (Å²) in [5, 5.41) is 10.6. The maximum Gasteiger partial charge on any atom is 0.267 e. The van der Waals surface area contributed by atoms with Gasteiger partial charge in [0.05, 0.1) is 6.20 Å². The molecular weight excluding hydrogens is 294 g/mol. The predicted molar refractivity (Wildman–Crippen MR) is 83.5 cm³/mol. The quantitative estimate of drug-likeness (QED) is 0.777. The van der Waals surface area contributed by atoms with E-state index in [2.05, 4.69) is 32.4 Å². The number of carbonyl (C=O) groups is 1. The fourth-order valence-corrected chi connectivity index (χ4v) is 2.05. The van der Waals surface area contributed by atoms with E-state index < -0.39 is 0 Å². The Labute approximate surface area is 132 Å². The van der Waals surface area contributed by atoms with Crippen molar-refractivity contribution in [1.29, 1.82) is 0 Å². The van der Waals surface area contributed by atoms with Gasteiger partial charge >= 0.3 is 0 Å². The van der Waals surface area contributed by atoms with Crippen LogP contribution in [0.1, 0.15) is 18.4 Å². The summed E-state index contributed by atoms with van der Waals surface area (Å²) in [5.41, 5.74) is 2.39. The van der Waals surface area contributed by atoms with Crippen LogP contribution in [-0.2, 0) is 17.6 Å². The molecule has 3 rings (SSSR count). The van der Waals surface area contributed by atoms with Crippen LogP contribution in [0.4, 0.5) is 5.69 Å². The number of anilines is 1. The van der Waals surface area contributed by atoms with Gasteiger partial charge in [0.25, 0.3) is 5.89 Å².